The highest BCUT2D eigenvalue weighted by molar-refractivity contribution is 5.85. The summed E-state index contributed by atoms with van der Waals surface area (Å²) in [6.07, 6.45) is 3.90. The number of halogens is 1. The molecule has 0 aliphatic carbocycles. The van der Waals surface area contributed by atoms with Crippen molar-refractivity contribution >= 4 is 12.4 Å². The predicted octanol–water partition coefficient (Wildman–Crippen LogP) is 3.24. The van der Waals surface area contributed by atoms with Crippen molar-refractivity contribution in [1.82, 2.24) is 5.32 Å². The van der Waals surface area contributed by atoms with E-state index in [2.05, 4.69) is 30.4 Å². The lowest BCUT2D eigenvalue weighted by Gasteiger charge is -2.24. The van der Waals surface area contributed by atoms with Crippen LogP contribution in [0.25, 0.3) is 0 Å². The molecule has 1 aromatic rings. The van der Waals surface area contributed by atoms with Crippen LogP contribution < -0.4 is 10.1 Å². The SMILES string of the molecule is COc1ccc([C@H]2CCCCN2)cc1C.Cl. The Hall–Kier alpha value is -0.730. The van der Waals surface area contributed by atoms with Gasteiger partial charge in [-0.3, -0.25) is 0 Å². The maximum Gasteiger partial charge on any atom is 0.121 e. The van der Waals surface area contributed by atoms with E-state index < -0.39 is 0 Å². The number of piperidine rings is 1. The number of rotatable bonds is 2. The molecule has 0 radical (unpaired) electrons. The molecule has 2 rings (SSSR count). The highest BCUT2D eigenvalue weighted by Crippen LogP contribution is 2.27. The second kappa shape index (κ2) is 6.12. The lowest BCUT2D eigenvalue weighted by molar-refractivity contribution is 0.404. The van der Waals surface area contributed by atoms with Crippen LogP contribution >= 0.6 is 12.4 Å². The molecule has 1 heterocycles. The quantitative estimate of drug-likeness (QED) is 0.859. The monoisotopic (exact) mass is 241 g/mol. The summed E-state index contributed by atoms with van der Waals surface area (Å²) in [6.45, 7) is 3.25. The highest BCUT2D eigenvalue weighted by Gasteiger charge is 2.15. The Balaban J connectivity index is 0.00000128. The molecular weight excluding hydrogens is 222 g/mol. The number of methoxy groups -OCH3 is 1. The molecule has 1 aromatic carbocycles. The summed E-state index contributed by atoms with van der Waals surface area (Å²) in [4.78, 5) is 0. The van der Waals surface area contributed by atoms with Crippen molar-refractivity contribution in [3.05, 3.63) is 29.3 Å². The zero-order chi connectivity index (χ0) is 10.7. The molecule has 0 aromatic heterocycles. The van der Waals surface area contributed by atoms with Crippen molar-refractivity contribution in [2.24, 2.45) is 0 Å². The maximum atomic E-state index is 5.27. The molecule has 2 nitrogen and oxygen atoms in total. The number of hydrogen-bond donors (Lipinski definition) is 1. The van der Waals surface area contributed by atoms with Crippen LogP contribution in [-0.2, 0) is 0 Å². The third-order valence-corrected chi connectivity index (χ3v) is 3.13. The van der Waals surface area contributed by atoms with Gasteiger partial charge in [-0.1, -0.05) is 18.6 Å². The number of benzene rings is 1. The van der Waals surface area contributed by atoms with E-state index in [1.807, 2.05) is 0 Å². The highest BCUT2D eigenvalue weighted by atomic mass is 35.5. The van der Waals surface area contributed by atoms with E-state index in [4.69, 9.17) is 4.74 Å². The first-order valence-corrected chi connectivity index (χ1v) is 5.69. The summed E-state index contributed by atoms with van der Waals surface area (Å²) in [7, 11) is 1.72. The van der Waals surface area contributed by atoms with E-state index in [1.165, 1.54) is 30.4 Å². The minimum absolute atomic E-state index is 0. The van der Waals surface area contributed by atoms with Gasteiger partial charge in [0.05, 0.1) is 7.11 Å². The summed E-state index contributed by atoms with van der Waals surface area (Å²) in [5.41, 5.74) is 2.62. The molecular formula is C13H20ClNO. The van der Waals surface area contributed by atoms with Crippen LogP contribution in [0.5, 0.6) is 5.75 Å². The molecule has 16 heavy (non-hydrogen) atoms. The fourth-order valence-corrected chi connectivity index (χ4v) is 2.25. The third kappa shape index (κ3) is 2.89. The van der Waals surface area contributed by atoms with Gasteiger partial charge in [-0.15, -0.1) is 12.4 Å². The van der Waals surface area contributed by atoms with Gasteiger partial charge in [0.25, 0.3) is 0 Å². The molecule has 0 spiro atoms. The molecule has 0 saturated carbocycles. The molecule has 1 aliphatic rings. The Kier molecular flexibility index (Phi) is 5.10. The molecule has 3 heteroatoms. The van der Waals surface area contributed by atoms with Gasteiger partial charge in [0.2, 0.25) is 0 Å². The number of nitrogens with one attached hydrogen (secondary N) is 1. The number of aryl methyl sites for hydroxylation is 1. The lowest BCUT2D eigenvalue weighted by atomic mass is 9.96. The smallest absolute Gasteiger partial charge is 0.121 e. The van der Waals surface area contributed by atoms with Gasteiger partial charge in [0.15, 0.2) is 0 Å². The van der Waals surface area contributed by atoms with Gasteiger partial charge in [0.1, 0.15) is 5.75 Å². The Morgan fingerprint density at radius 2 is 2.12 bits per heavy atom. The summed E-state index contributed by atoms with van der Waals surface area (Å²) < 4.78 is 5.27. The minimum Gasteiger partial charge on any atom is -0.496 e. The molecule has 1 N–H and O–H groups in total. The predicted molar refractivity (Wildman–Crippen MR) is 69.6 cm³/mol. The average Bonchev–Trinajstić information content (AvgIpc) is 2.30. The van der Waals surface area contributed by atoms with Gasteiger partial charge < -0.3 is 10.1 Å². The summed E-state index contributed by atoms with van der Waals surface area (Å²) in [5, 5.41) is 3.56. The van der Waals surface area contributed by atoms with Crippen LogP contribution in [-0.4, -0.2) is 13.7 Å². The lowest BCUT2D eigenvalue weighted by Crippen LogP contribution is -2.26. The molecule has 1 aliphatic heterocycles. The minimum atomic E-state index is 0. The van der Waals surface area contributed by atoms with E-state index in [-0.39, 0.29) is 12.4 Å². The average molecular weight is 242 g/mol. The van der Waals surface area contributed by atoms with Crippen LogP contribution in [0.4, 0.5) is 0 Å². The van der Waals surface area contributed by atoms with Crippen LogP contribution in [0.2, 0.25) is 0 Å². The van der Waals surface area contributed by atoms with Crippen molar-refractivity contribution in [2.45, 2.75) is 32.2 Å². The van der Waals surface area contributed by atoms with Crippen LogP contribution in [0.15, 0.2) is 18.2 Å². The van der Waals surface area contributed by atoms with Gasteiger partial charge in [-0.25, -0.2) is 0 Å². The van der Waals surface area contributed by atoms with Crippen LogP contribution in [0.3, 0.4) is 0 Å². The molecule has 1 atom stereocenters. The van der Waals surface area contributed by atoms with E-state index in [0.717, 1.165) is 12.3 Å². The van der Waals surface area contributed by atoms with E-state index in [9.17, 15) is 0 Å². The first-order chi connectivity index (χ1) is 7.31. The molecule has 0 unspecified atom stereocenters. The summed E-state index contributed by atoms with van der Waals surface area (Å²) in [5.74, 6) is 0.981. The fourth-order valence-electron chi connectivity index (χ4n) is 2.25. The van der Waals surface area contributed by atoms with Crippen molar-refractivity contribution in [3.63, 3.8) is 0 Å². The summed E-state index contributed by atoms with van der Waals surface area (Å²) in [6, 6.07) is 7.03. The van der Waals surface area contributed by atoms with E-state index in [0.29, 0.717) is 6.04 Å². The van der Waals surface area contributed by atoms with Crippen molar-refractivity contribution < 1.29 is 4.74 Å². The normalized spacial score (nSPS) is 20.0. The number of ether oxygens (including phenoxy) is 1. The first kappa shape index (κ1) is 13.3. The van der Waals surface area contributed by atoms with Gasteiger partial charge in [-0.2, -0.15) is 0 Å². The Morgan fingerprint density at radius 3 is 2.69 bits per heavy atom. The van der Waals surface area contributed by atoms with Gasteiger partial charge in [0, 0.05) is 6.04 Å². The molecule has 1 saturated heterocycles. The second-order valence-electron chi connectivity index (χ2n) is 4.23. The molecule has 90 valence electrons. The van der Waals surface area contributed by atoms with E-state index >= 15 is 0 Å². The molecule has 0 amide bonds. The second-order valence-corrected chi connectivity index (χ2v) is 4.23. The molecule has 0 bridgehead atoms. The largest absolute Gasteiger partial charge is 0.496 e. The van der Waals surface area contributed by atoms with Crippen molar-refractivity contribution in [3.8, 4) is 5.75 Å². The Morgan fingerprint density at radius 1 is 1.31 bits per heavy atom. The number of hydrogen-bond acceptors (Lipinski definition) is 2. The van der Waals surface area contributed by atoms with E-state index in [1.54, 1.807) is 7.11 Å². The third-order valence-electron chi connectivity index (χ3n) is 3.13. The van der Waals surface area contributed by atoms with Crippen LogP contribution in [0, 0.1) is 6.92 Å². The first-order valence-electron chi connectivity index (χ1n) is 5.69. The Bertz CT molecular complexity index is 335. The van der Waals surface area contributed by atoms with Crippen molar-refractivity contribution in [2.75, 3.05) is 13.7 Å². The van der Waals surface area contributed by atoms with Gasteiger partial charge in [-0.05, 0) is 43.5 Å². The summed E-state index contributed by atoms with van der Waals surface area (Å²) >= 11 is 0. The van der Waals surface area contributed by atoms with Gasteiger partial charge >= 0.3 is 0 Å². The topological polar surface area (TPSA) is 21.3 Å². The van der Waals surface area contributed by atoms with Crippen LogP contribution in [0.1, 0.15) is 36.4 Å². The standard InChI is InChI=1S/C13H19NO.ClH/c1-10-9-11(6-7-13(10)15-2)12-5-3-4-8-14-12;/h6-7,9,12,14H,3-5,8H2,1-2H3;1H/t12-;/m1./s1. The zero-order valence-corrected chi connectivity index (χ0v) is 10.8. The molecule has 1 fully saturated rings. The fraction of sp³-hybridized carbons (Fsp3) is 0.538. The van der Waals surface area contributed by atoms with Crippen molar-refractivity contribution in [1.29, 1.82) is 0 Å². The maximum absolute atomic E-state index is 5.27. The Labute approximate surface area is 104 Å². The zero-order valence-electron chi connectivity index (χ0n) is 9.95.